The van der Waals surface area contributed by atoms with E-state index in [1.54, 1.807) is 85.0 Å². The third-order valence-corrected chi connectivity index (χ3v) is 17.8. The third-order valence-electron chi connectivity index (χ3n) is 17.6. The number of benzene rings is 4. The summed E-state index contributed by atoms with van der Waals surface area (Å²) < 4.78 is 143. The van der Waals surface area contributed by atoms with E-state index in [4.69, 9.17) is 145 Å². The molecule has 0 aliphatic carbocycles. The van der Waals surface area contributed by atoms with Crippen LogP contribution in [0.25, 0.3) is 0 Å². The van der Waals surface area contributed by atoms with Gasteiger partial charge in [0, 0.05) is 26.2 Å². The number of aliphatic hydroxyl groups is 1. The molecule has 4 aromatic carbocycles. The lowest BCUT2D eigenvalue weighted by Gasteiger charge is -2.29. The van der Waals surface area contributed by atoms with Crippen molar-refractivity contribution in [3.05, 3.63) is 184 Å². The van der Waals surface area contributed by atoms with Crippen LogP contribution in [0.3, 0.4) is 0 Å². The van der Waals surface area contributed by atoms with Gasteiger partial charge in [-0.2, -0.15) is 9.78 Å². The molecule has 0 aliphatic rings. The number of carbonyl (C=O) groups is 4. The van der Waals surface area contributed by atoms with E-state index in [2.05, 4.69) is 62.4 Å². The number of hydrogen-bond donors (Lipinski definition) is 1. The van der Waals surface area contributed by atoms with Gasteiger partial charge in [0.05, 0.1) is 213 Å². The lowest BCUT2D eigenvalue weighted by atomic mass is 10.0. The molecule has 0 radical (unpaired) electrons. The highest BCUT2D eigenvalue weighted by Crippen LogP contribution is 2.42. The van der Waals surface area contributed by atoms with Gasteiger partial charge in [-0.1, -0.05) is 87.1 Å². The van der Waals surface area contributed by atoms with Gasteiger partial charge < -0.3 is 124 Å². The molecule has 37 heteroatoms. The molecule has 4 aromatic rings. The Kier molecular flexibility index (Phi) is 70.4. The molecule has 2 unspecified atom stereocenters. The molecule has 0 fully saturated rings. The number of esters is 1. The molecule has 0 bridgehead atoms. The van der Waals surface area contributed by atoms with E-state index >= 15 is 0 Å². The Morgan fingerprint density at radius 1 is 0.305 bits per heavy atom. The van der Waals surface area contributed by atoms with Gasteiger partial charge in [-0.15, -0.1) is 26.3 Å². The summed E-state index contributed by atoms with van der Waals surface area (Å²) in [6.07, 6.45) is 13.4. The summed E-state index contributed by atoms with van der Waals surface area (Å²) in [5.41, 5.74) is 0.606. The number of halogens is 1. The smallest absolute Gasteiger partial charge is 0.373 e. The molecule has 0 spiro atoms. The molecule has 2 atom stereocenters. The highest BCUT2D eigenvalue weighted by molar-refractivity contribution is 6.64. The molecule has 0 saturated carbocycles. The van der Waals surface area contributed by atoms with Crippen LogP contribution in [0.2, 0.25) is 0 Å². The molecule has 0 amide bonds. The van der Waals surface area contributed by atoms with E-state index in [1.807, 2.05) is 92.9 Å². The summed E-state index contributed by atoms with van der Waals surface area (Å²) in [6, 6.07) is 14.9. The summed E-state index contributed by atoms with van der Waals surface area (Å²) in [5, 5.41) is 8.48. The van der Waals surface area contributed by atoms with E-state index in [0.717, 1.165) is 0 Å². The molecule has 36 nitrogen and oxygen atoms in total. The molecule has 0 heterocycles. The zero-order chi connectivity index (χ0) is 104. The maximum Gasteiger partial charge on any atom is 0.373 e. The second-order valence-corrected chi connectivity index (χ2v) is 34.0. The van der Waals surface area contributed by atoms with Crippen molar-refractivity contribution >= 4 is 34.8 Å². The predicted molar refractivity (Wildman–Crippen MR) is 536 cm³/mol. The Morgan fingerprint density at radius 2 is 0.553 bits per heavy atom. The number of aliphatic hydroxyl groups excluding tert-OH is 1. The Hall–Kier alpha value is -9.59. The minimum atomic E-state index is -0.839. The number of carbonyl (C=O) groups excluding carboxylic acids is 4. The first-order chi connectivity index (χ1) is 67.7. The first-order valence-electron chi connectivity index (χ1n) is 46.8. The molecule has 141 heavy (non-hydrogen) atoms. The van der Waals surface area contributed by atoms with E-state index < -0.39 is 35.2 Å². The lowest BCUT2D eigenvalue weighted by Crippen LogP contribution is -2.36. The zero-order valence-corrected chi connectivity index (χ0v) is 86.4. The van der Waals surface area contributed by atoms with Crippen molar-refractivity contribution < 1.29 is 162 Å². The van der Waals surface area contributed by atoms with Crippen molar-refractivity contribution in [1.29, 1.82) is 0 Å². The van der Waals surface area contributed by atoms with Gasteiger partial charge >= 0.3 is 17.9 Å². The molecular weight excluding hydrogens is 1860 g/mol. The molecule has 0 aliphatic heterocycles. The number of rotatable bonds is 83. The molecule has 0 aromatic heterocycles. The largest absolute Gasteiger partial charge is 0.487 e. The highest BCUT2D eigenvalue weighted by Gasteiger charge is 2.32. The van der Waals surface area contributed by atoms with Crippen LogP contribution in [0.1, 0.15) is 127 Å². The van der Waals surface area contributed by atoms with Crippen LogP contribution < -0.4 is 47.4 Å². The fraction of sp³-hybridized carbons (Fsp3) is 0.577. The van der Waals surface area contributed by atoms with Crippen molar-refractivity contribution in [2.75, 3.05) is 278 Å². The Bertz CT molecular complexity index is 3990. The second kappa shape index (κ2) is 77.9. The maximum absolute atomic E-state index is 13.8. The Balaban J connectivity index is 0.000000805. The summed E-state index contributed by atoms with van der Waals surface area (Å²) in [7, 11) is 2.45. The Morgan fingerprint density at radius 3 is 0.816 bits per heavy atom. The lowest BCUT2D eigenvalue weighted by molar-refractivity contribution is -0.216. The van der Waals surface area contributed by atoms with Crippen LogP contribution in [0, 0.1) is 0 Å². The first kappa shape index (κ1) is 127. The first-order valence-corrected chi connectivity index (χ1v) is 47.2. The highest BCUT2D eigenvalue weighted by atomic mass is 35.5. The summed E-state index contributed by atoms with van der Waals surface area (Å²) >= 11 is 5.87. The van der Waals surface area contributed by atoms with Crippen molar-refractivity contribution in [2.24, 2.45) is 0 Å². The van der Waals surface area contributed by atoms with E-state index in [-0.39, 0.29) is 187 Å². The quantitative estimate of drug-likeness (QED) is 0.0107. The molecule has 1 N–H and O–H groups in total. The molecular formula is C104H159ClN2O34. The normalized spacial score (nSPS) is 11.8. The van der Waals surface area contributed by atoms with Crippen LogP contribution in [0.5, 0.6) is 57.5 Å². The minimum Gasteiger partial charge on any atom is -0.487 e. The van der Waals surface area contributed by atoms with E-state index in [9.17, 15) is 19.2 Å². The minimum absolute atomic E-state index is 0.0187. The maximum atomic E-state index is 13.8. The van der Waals surface area contributed by atoms with Crippen LogP contribution in [-0.4, -0.2) is 339 Å². The van der Waals surface area contributed by atoms with Crippen molar-refractivity contribution in [3.8, 4) is 57.5 Å². The average Bonchev–Trinajstić information content (AvgIpc) is 0.822. The number of ether oxygens (including phenoxy) is 25. The second-order valence-electron chi connectivity index (χ2n) is 33.6. The molecule has 796 valence electrons. The Labute approximate surface area is 840 Å². The van der Waals surface area contributed by atoms with Crippen molar-refractivity contribution in [1.82, 2.24) is 9.80 Å². The summed E-state index contributed by atoms with van der Waals surface area (Å²) in [4.78, 5) is 73.7. The fourth-order valence-corrected chi connectivity index (χ4v) is 12.0. The van der Waals surface area contributed by atoms with Crippen molar-refractivity contribution in [3.63, 3.8) is 0 Å². The average molecular weight is 2020 g/mol. The number of hydrogen-bond acceptors (Lipinski definition) is 36. The van der Waals surface area contributed by atoms with E-state index in [0.29, 0.717) is 179 Å². The van der Waals surface area contributed by atoms with Crippen LogP contribution in [0.4, 0.5) is 0 Å². The van der Waals surface area contributed by atoms with Gasteiger partial charge in [0.1, 0.15) is 84.8 Å². The van der Waals surface area contributed by atoms with Gasteiger partial charge in [-0.25, -0.2) is 14.4 Å². The molecule has 4 rings (SSSR count). The van der Waals surface area contributed by atoms with Gasteiger partial charge in [0.15, 0.2) is 46.0 Å². The summed E-state index contributed by atoms with van der Waals surface area (Å²) in [6.45, 7) is 65.2. The monoisotopic (exact) mass is 2020 g/mol. The molecule has 0 saturated heterocycles. The SMILES string of the molecule is C=CCOc1ccc(C(C(=O)Cl)N(CC=C)CC=C)cc1OCC=C.C=CCOc1ccc(C(C(=O)OCCOCCOc2c(OCCOCCOCCOC(C)(C)C)cc(C(=O)OOC)cc2OCCOCCOCCOC(C)(C)C)N(CC=C)CC=C)cc1OCC=C.COOC(=O)c1cc(OCCOCCOCCOC(C)(C)C)c(OCCOCCO)c(OCCOCCOCCOC(C)(C)C)c1. The van der Waals surface area contributed by atoms with Crippen LogP contribution in [0.15, 0.2) is 162 Å². The standard InChI is InChI=1S/C52H79NO17.C32H56O14.C20H24ClNO3/c1-12-18-53(19-13-2)47(41-16-17-43(62-20-14-3)44(38-41)63-21-15-4)50(55)67-35-29-61-28-34-66-48-45(64-32-26-57-22-24-59-30-36-68-51(5,6)7)39-42(49(54)70-56-11)40-46(48)65-33-27-58-23-25-60-31-37-69-52(8,9)10;1-31(2,3)44-22-17-39-12-10-37-14-19-41-27-24-26(30(34)46-35-7)25-28(29(27)43-21-16-36-9-8-33)42-20-15-38-11-13-40-18-23-45-32(4,5)6;1-5-11-22(12-6-2)19(20(21)23)16-9-10-17(24-13-7-3)18(15-16)25-14-8-4/h12-17,38-40,47H,1-4,18-37H2,5-11H3;24-25,33H,8-23H2,1-7H3;5-10,15,19H,1-4,11-14H2. The fourth-order valence-electron chi connectivity index (χ4n) is 11.7. The number of nitrogens with zero attached hydrogens (tertiary/aromatic N) is 2. The van der Waals surface area contributed by atoms with Gasteiger partial charge in [-0.05, 0) is 154 Å². The van der Waals surface area contributed by atoms with Crippen molar-refractivity contribution in [2.45, 2.75) is 118 Å². The summed E-state index contributed by atoms with van der Waals surface area (Å²) in [5.74, 6) is 1.20. The van der Waals surface area contributed by atoms with Gasteiger partial charge in [0.25, 0.3) is 0 Å². The zero-order valence-electron chi connectivity index (χ0n) is 85.7. The van der Waals surface area contributed by atoms with Crippen LogP contribution >= 0.6 is 11.6 Å². The topological polar surface area (TPSA) is 363 Å². The van der Waals surface area contributed by atoms with E-state index in [1.165, 1.54) is 38.5 Å². The van der Waals surface area contributed by atoms with Crippen LogP contribution in [-0.2, 0) is 100 Å². The predicted octanol–water partition coefficient (Wildman–Crippen LogP) is 14.9. The third kappa shape index (κ3) is 61.2. The van der Waals surface area contributed by atoms with Gasteiger partial charge in [-0.3, -0.25) is 24.4 Å². The van der Waals surface area contributed by atoms with Gasteiger partial charge in [0.2, 0.25) is 16.7 Å².